The van der Waals surface area contributed by atoms with Gasteiger partial charge in [-0.3, -0.25) is 0 Å². The number of ether oxygens (including phenoxy) is 4. The lowest BCUT2D eigenvalue weighted by Crippen LogP contribution is -3.11. The van der Waals surface area contributed by atoms with Crippen LogP contribution in [0.4, 0.5) is 0 Å². The van der Waals surface area contributed by atoms with E-state index in [4.69, 9.17) is 23.8 Å². The summed E-state index contributed by atoms with van der Waals surface area (Å²) in [7, 11) is 6.48. The van der Waals surface area contributed by atoms with E-state index < -0.39 is 0 Å². The van der Waals surface area contributed by atoms with Gasteiger partial charge in [-0.2, -0.15) is 0 Å². The van der Waals surface area contributed by atoms with E-state index in [1.807, 2.05) is 42.6 Å². The monoisotopic (exact) mass is 539 g/mol. The number of likely N-dealkylation sites (N-methyl/N-ethyl adjacent to an activating group) is 1. The van der Waals surface area contributed by atoms with Gasteiger partial charge in [0.25, 0.3) is 0 Å². The third-order valence-electron chi connectivity index (χ3n) is 5.91. The molecule has 2 aromatic carbocycles. The summed E-state index contributed by atoms with van der Waals surface area (Å²) < 4.78 is 22.0. The van der Waals surface area contributed by atoms with Gasteiger partial charge in [0.05, 0.1) is 46.9 Å². The number of quaternary nitrogens is 1. The fraction of sp³-hybridized carbons (Fsp3) is 0.385. The Morgan fingerprint density at radius 1 is 0.806 bits per heavy atom. The summed E-state index contributed by atoms with van der Waals surface area (Å²) in [6, 6.07) is 11.6. The number of aromatic nitrogens is 1. The molecule has 36 heavy (non-hydrogen) atoms. The SMILES string of the molecule is CC[NH+](CC)CCO/N=C(\c1ccc(OC)c(OC)c1)c1[nH+]ccc2cc(OC)c(OC)cc12.[Cl-].[Cl-]. The second-order valence-corrected chi connectivity index (χ2v) is 7.70. The molecule has 1 aromatic heterocycles. The summed E-state index contributed by atoms with van der Waals surface area (Å²) in [4.78, 5) is 10.6. The number of nitrogens with one attached hydrogen (secondary N) is 2. The molecular formula is C26H35Cl2N3O5. The van der Waals surface area contributed by atoms with Crippen molar-refractivity contribution in [3.63, 3.8) is 0 Å². The third kappa shape index (κ3) is 7.06. The maximum absolute atomic E-state index is 5.84. The van der Waals surface area contributed by atoms with Gasteiger partial charge in [-0.25, -0.2) is 4.98 Å². The van der Waals surface area contributed by atoms with Gasteiger partial charge in [0.1, 0.15) is 6.54 Å². The third-order valence-corrected chi connectivity index (χ3v) is 5.91. The van der Waals surface area contributed by atoms with Crippen LogP contribution in [-0.4, -0.2) is 60.4 Å². The first-order valence-corrected chi connectivity index (χ1v) is 11.4. The Morgan fingerprint density at radius 3 is 2.03 bits per heavy atom. The minimum absolute atomic E-state index is 0. The lowest BCUT2D eigenvalue weighted by molar-refractivity contribution is -0.896. The van der Waals surface area contributed by atoms with Crippen LogP contribution in [-0.2, 0) is 4.84 Å². The van der Waals surface area contributed by atoms with Crippen LogP contribution in [0.5, 0.6) is 23.0 Å². The first-order chi connectivity index (χ1) is 16.6. The number of nitrogens with zero attached hydrogens (tertiary/aromatic N) is 1. The lowest BCUT2D eigenvalue weighted by atomic mass is 10.0. The molecule has 0 saturated heterocycles. The zero-order chi connectivity index (χ0) is 24.5. The van der Waals surface area contributed by atoms with Gasteiger partial charge >= 0.3 is 0 Å². The van der Waals surface area contributed by atoms with Crippen LogP contribution in [0.1, 0.15) is 25.1 Å². The van der Waals surface area contributed by atoms with E-state index in [9.17, 15) is 0 Å². The van der Waals surface area contributed by atoms with Crippen LogP contribution >= 0.6 is 0 Å². The first-order valence-electron chi connectivity index (χ1n) is 11.4. The Morgan fingerprint density at radius 2 is 1.42 bits per heavy atom. The van der Waals surface area contributed by atoms with Crippen LogP contribution in [0.3, 0.4) is 0 Å². The Hall–Kier alpha value is -2.94. The maximum atomic E-state index is 5.84. The van der Waals surface area contributed by atoms with Gasteiger partial charge in [-0.1, -0.05) is 5.16 Å². The Bertz CT molecular complexity index is 1140. The summed E-state index contributed by atoms with van der Waals surface area (Å²) in [5.74, 6) is 2.55. The molecule has 0 radical (unpaired) electrons. The molecule has 8 nitrogen and oxygen atoms in total. The number of methoxy groups -OCH3 is 4. The molecule has 0 aliphatic rings. The van der Waals surface area contributed by atoms with Crippen LogP contribution in [0, 0.1) is 0 Å². The fourth-order valence-electron chi connectivity index (χ4n) is 3.87. The predicted octanol–water partition coefficient (Wildman–Crippen LogP) is -3.61. The molecule has 0 unspecified atom stereocenters. The molecule has 0 saturated carbocycles. The van der Waals surface area contributed by atoms with Crippen LogP contribution < -0.4 is 53.6 Å². The number of aromatic amines is 1. The molecule has 0 bridgehead atoms. The molecule has 3 rings (SSSR count). The van der Waals surface area contributed by atoms with Gasteiger partial charge in [0, 0.05) is 11.6 Å². The summed E-state index contributed by atoms with van der Waals surface area (Å²) in [6.07, 6.45) is 1.87. The number of oxime groups is 1. The first kappa shape index (κ1) is 31.1. The number of H-pyrrole nitrogens is 1. The van der Waals surface area contributed by atoms with Gasteiger partial charge in [-0.05, 0) is 49.6 Å². The number of hydrogen-bond donors (Lipinski definition) is 1. The van der Waals surface area contributed by atoms with Crippen molar-refractivity contribution in [3.05, 3.63) is 53.9 Å². The Labute approximate surface area is 225 Å². The minimum Gasteiger partial charge on any atom is -1.00 e. The molecule has 0 spiro atoms. The van der Waals surface area contributed by atoms with Crippen LogP contribution in [0.15, 0.2) is 47.8 Å². The van der Waals surface area contributed by atoms with E-state index in [1.165, 1.54) is 4.90 Å². The van der Waals surface area contributed by atoms with Crippen molar-refractivity contribution in [2.24, 2.45) is 5.16 Å². The highest BCUT2D eigenvalue weighted by Gasteiger charge is 2.22. The fourth-order valence-corrected chi connectivity index (χ4v) is 3.87. The second kappa shape index (κ2) is 15.2. The number of halogens is 2. The number of rotatable bonds is 12. The molecule has 1 heterocycles. The molecule has 0 aliphatic heterocycles. The lowest BCUT2D eigenvalue weighted by Gasteiger charge is -2.14. The van der Waals surface area contributed by atoms with Crippen LogP contribution in [0.25, 0.3) is 10.8 Å². The highest BCUT2D eigenvalue weighted by atomic mass is 35.5. The minimum atomic E-state index is 0. The number of pyridine rings is 1. The highest BCUT2D eigenvalue weighted by Crippen LogP contribution is 2.34. The van der Waals surface area contributed by atoms with Crippen molar-refractivity contribution in [2.45, 2.75) is 13.8 Å². The molecule has 0 aliphatic carbocycles. The Kier molecular flexibility index (Phi) is 13.2. The Balaban J connectivity index is 0.00000324. The molecule has 2 N–H and O–H groups in total. The molecular weight excluding hydrogens is 505 g/mol. The predicted molar refractivity (Wildman–Crippen MR) is 132 cm³/mol. The second-order valence-electron chi connectivity index (χ2n) is 7.70. The molecule has 0 amide bonds. The topological polar surface area (TPSA) is 77.1 Å². The van der Waals surface area contributed by atoms with Crippen LogP contribution in [0.2, 0.25) is 0 Å². The van der Waals surface area contributed by atoms with Gasteiger partial charge in [-0.15, -0.1) is 0 Å². The van der Waals surface area contributed by atoms with E-state index in [0.29, 0.717) is 35.3 Å². The molecule has 0 atom stereocenters. The largest absolute Gasteiger partial charge is 1.00 e. The molecule has 10 heteroatoms. The van der Waals surface area contributed by atoms with E-state index in [0.717, 1.165) is 41.7 Å². The highest BCUT2D eigenvalue weighted by molar-refractivity contribution is 6.17. The standard InChI is InChI=1S/C26H33N3O5.2ClH/c1-7-29(8-2)13-14-34-28-25(19-9-10-21(30-3)22(16-19)31-4)26-20-17-24(33-6)23(32-5)15-18(20)11-12-27-26;;/h9-12,15-17H,7-8,13-14H2,1-6H3;2*1H/b28-25+;;. The van der Waals surface area contributed by atoms with E-state index >= 15 is 0 Å². The van der Waals surface area contributed by atoms with Gasteiger partial charge in [0.15, 0.2) is 41.5 Å². The average molecular weight is 540 g/mol. The zero-order valence-electron chi connectivity index (χ0n) is 21.6. The number of benzene rings is 2. The number of hydrogen-bond acceptors (Lipinski definition) is 6. The van der Waals surface area contributed by atoms with Crippen molar-refractivity contribution < 1.29 is 58.5 Å². The number of fused-ring (bicyclic) bond motifs is 1. The normalized spacial score (nSPS) is 10.9. The maximum Gasteiger partial charge on any atom is 0.241 e. The molecule has 3 aromatic rings. The summed E-state index contributed by atoms with van der Waals surface area (Å²) in [5, 5.41) is 6.49. The van der Waals surface area contributed by atoms with Gasteiger partial charge in [0.2, 0.25) is 5.69 Å². The van der Waals surface area contributed by atoms with Crippen molar-refractivity contribution in [3.8, 4) is 23.0 Å². The summed E-state index contributed by atoms with van der Waals surface area (Å²) in [6.45, 7) is 7.82. The average Bonchev–Trinajstić information content (AvgIpc) is 2.89. The smallest absolute Gasteiger partial charge is 0.241 e. The molecule has 0 fully saturated rings. The van der Waals surface area contributed by atoms with Gasteiger partial charge < -0.3 is 53.5 Å². The molecule has 198 valence electrons. The van der Waals surface area contributed by atoms with Crippen molar-refractivity contribution in [2.75, 3.05) is 54.7 Å². The summed E-state index contributed by atoms with van der Waals surface area (Å²) in [5.41, 5.74) is 2.26. The quantitative estimate of drug-likeness (QED) is 0.146. The van der Waals surface area contributed by atoms with Crippen molar-refractivity contribution >= 4 is 16.5 Å². The van der Waals surface area contributed by atoms with Crippen molar-refractivity contribution in [1.29, 1.82) is 0 Å². The summed E-state index contributed by atoms with van der Waals surface area (Å²) >= 11 is 0. The zero-order valence-corrected chi connectivity index (χ0v) is 23.1. The van der Waals surface area contributed by atoms with E-state index in [-0.39, 0.29) is 24.8 Å². The van der Waals surface area contributed by atoms with E-state index in [2.05, 4.69) is 24.0 Å². The van der Waals surface area contributed by atoms with E-state index in [1.54, 1.807) is 28.4 Å². The van der Waals surface area contributed by atoms with Crippen molar-refractivity contribution in [1.82, 2.24) is 0 Å².